The number of carbonyl (C=O) groups excluding carboxylic acids is 2. The second-order valence-corrected chi connectivity index (χ2v) is 6.91. The summed E-state index contributed by atoms with van der Waals surface area (Å²) in [6.45, 7) is 1.97. The van der Waals surface area contributed by atoms with Crippen LogP contribution < -0.4 is 10.1 Å². The quantitative estimate of drug-likeness (QED) is 0.535. The van der Waals surface area contributed by atoms with E-state index in [2.05, 4.69) is 20.8 Å². The van der Waals surface area contributed by atoms with E-state index < -0.39 is 0 Å². The highest BCUT2D eigenvalue weighted by Gasteiger charge is 2.19. The smallest absolute Gasteiger partial charge is 0.262 e. The third kappa shape index (κ3) is 3.68. The molecule has 0 fully saturated rings. The van der Waals surface area contributed by atoms with E-state index in [0.29, 0.717) is 22.2 Å². The van der Waals surface area contributed by atoms with E-state index in [1.54, 1.807) is 22.9 Å². The van der Waals surface area contributed by atoms with Crippen LogP contribution in [0.5, 0.6) is 5.75 Å². The number of benzene rings is 2. The normalized spacial score (nSPS) is 12.9. The molecule has 0 radical (unpaired) electrons. The summed E-state index contributed by atoms with van der Waals surface area (Å²) in [6, 6.07) is 12.8. The van der Waals surface area contributed by atoms with Crippen LogP contribution in [-0.4, -0.2) is 44.3 Å². The van der Waals surface area contributed by atoms with Crippen molar-refractivity contribution in [3.8, 4) is 11.4 Å². The van der Waals surface area contributed by atoms with Crippen LogP contribution in [0.3, 0.4) is 0 Å². The largest absolute Gasteiger partial charge is 0.482 e. The van der Waals surface area contributed by atoms with Gasteiger partial charge in [0.05, 0.1) is 17.1 Å². The SMILES string of the molecule is Cc1cccc(-n2nnnc2SCC(=O)c2ccc3c(c2)NC(=O)CO3)c1. The highest BCUT2D eigenvalue weighted by Crippen LogP contribution is 2.29. The molecule has 8 nitrogen and oxygen atoms in total. The fourth-order valence-electron chi connectivity index (χ4n) is 2.66. The van der Waals surface area contributed by atoms with E-state index >= 15 is 0 Å². The Kier molecular flexibility index (Phi) is 4.59. The molecule has 0 bridgehead atoms. The Labute approximate surface area is 158 Å². The molecule has 0 saturated heterocycles. The Morgan fingerprint density at radius 1 is 1.30 bits per heavy atom. The van der Waals surface area contributed by atoms with Crippen LogP contribution in [0.2, 0.25) is 0 Å². The maximum Gasteiger partial charge on any atom is 0.262 e. The second-order valence-electron chi connectivity index (χ2n) is 5.97. The monoisotopic (exact) mass is 381 g/mol. The summed E-state index contributed by atoms with van der Waals surface area (Å²) < 4.78 is 6.91. The van der Waals surface area contributed by atoms with Crippen LogP contribution in [0.1, 0.15) is 15.9 Å². The predicted octanol–water partition coefficient (Wildman–Crippen LogP) is 2.28. The van der Waals surface area contributed by atoms with Crippen molar-refractivity contribution < 1.29 is 14.3 Å². The number of hydrogen-bond donors (Lipinski definition) is 1. The van der Waals surface area contributed by atoms with Gasteiger partial charge in [0.2, 0.25) is 5.16 Å². The Morgan fingerprint density at radius 2 is 2.19 bits per heavy atom. The standard InChI is InChI=1S/C18H15N5O3S/c1-11-3-2-4-13(7-11)23-18(20-21-22-23)27-10-15(24)12-5-6-16-14(8-12)19-17(25)9-26-16/h2-8H,9-10H2,1H3,(H,19,25). The number of Topliss-reactive ketones (excluding diaryl/α,β-unsaturated/α-hetero) is 1. The highest BCUT2D eigenvalue weighted by molar-refractivity contribution is 7.99. The van der Waals surface area contributed by atoms with Crippen LogP contribution in [0.25, 0.3) is 5.69 Å². The average Bonchev–Trinajstić information content (AvgIpc) is 3.14. The summed E-state index contributed by atoms with van der Waals surface area (Å²) in [5, 5.41) is 15.0. The van der Waals surface area contributed by atoms with Crippen molar-refractivity contribution in [3.63, 3.8) is 0 Å². The number of fused-ring (bicyclic) bond motifs is 1. The van der Waals surface area contributed by atoms with Crippen molar-refractivity contribution in [2.45, 2.75) is 12.1 Å². The number of nitrogens with zero attached hydrogens (tertiary/aromatic N) is 4. The minimum Gasteiger partial charge on any atom is -0.482 e. The van der Waals surface area contributed by atoms with Crippen LogP contribution in [0, 0.1) is 6.92 Å². The van der Waals surface area contributed by atoms with Crippen LogP contribution in [0.4, 0.5) is 5.69 Å². The third-order valence-corrected chi connectivity index (χ3v) is 4.87. The van der Waals surface area contributed by atoms with Gasteiger partial charge in [0.15, 0.2) is 12.4 Å². The number of aryl methyl sites for hydroxylation is 1. The maximum atomic E-state index is 12.6. The molecular formula is C18H15N5O3S. The number of aromatic nitrogens is 4. The summed E-state index contributed by atoms with van der Waals surface area (Å²) in [7, 11) is 0. The first kappa shape index (κ1) is 17.2. The molecule has 9 heteroatoms. The molecule has 0 saturated carbocycles. The van der Waals surface area contributed by atoms with Gasteiger partial charge in [-0.3, -0.25) is 9.59 Å². The molecule has 0 atom stereocenters. The summed E-state index contributed by atoms with van der Waals surface area (Å²) in [4.78, 5) is 24.0. The van der Waals surface area contributed by atoms with Crippen molar-refractivity contribution in [2.24, 2.45) is 0 Å². The molecule has 0 unspecified atom stereocenters. The van der Waals surface area contributed by atoms with Gasteiger partial charge in [0, 0.05) is 5.56 Å². The summed E-state index contributed by atoms with van der Waals surface area (Å²) in [5.41, 5.74) is 2.92. The highest BCUT2D eigenvalue weighted by atomic mass is 32.2. The zero-order chi connectivity index (χ0) is 18.8. The first-order chi connectivity index (χ1) is 13.1. The second kappa shape index (κ2) is 7.20. The molecule has 27 heavy (non-hydrogen) atoms. The van der Waals surface area contributed by atoms with Gasteiger partial charge >= 0.3 is 0 Å². The number of nitrogens with one attached hydrogen (secondary N) is 1. The summed E-state index contributed by atoms with van der Waals surface area (Å²) in [5.74, 6) is 0.391. The number of rotatable bonds is 5. The average molecular weight is 381 g/mol. The lowest BCUT2D eigenvalue weighted by molar-refractivity contribution is -0.118. The van der Waals surface area contributed by atoms with E-state index in [1.165, 1.54) is 11.8 Å². The van der Waals surface area contributed by atoms with E-state index in [-0.39, 0.29) is 24.1 Å². The minimum absolute atomic E-state index is 0.0161. The molecule has 1 aliphatic heterocycles. The van der Waals surface area contributed by atoms with E-state index in [1.807, 2.05) is 31.2 Å². The van der Waals surface area contributed by atoms with E-state index in [9.17, 15) is 9.59 Å². The predicted molar refractivity (Wildman–Crippen MR) is 99.5 cm³/mol. The van der Waals surface area contributed by atoms with Crippen molar-refractivity contribution in [3.05, 3.63) is 53.6 Å². The van der Waals surface area contributed by atoms with Gasteiger partial charge in [-0.1, -0.05) is 23.9 Å². The van der Waals surface area contributed by atoms with Gasteiger partial charge in [0.1, 0.15) is 5.75 Å². The number of hydrogen-bond acceptors (Lipinski definition) is 7. The van der Waals surface area contributed by atoms with Crippen molar-refractivity contribution in [1.82, 2.24) is 20.2 Å². The number of tetrazole rings is 1. The molecule has 1 aromatic heterocycles. The fraction of sp³-hybridized carbons (Fsp3) is 0.167. The van der Waals surface area contributed by atoms with Gasteiger partial charge in [-0.2, -0.15) is 4.68 Å². The van der Waals surface area contributed by atoms with Crippen molar-refractivity contribution in [1.29, 1.82) is 0 Å². The third-order valence-electron chi connectivity index (χ3n) is 3.95. The molecule has 1 amide bonds. The number of ether oxygens (including phenoxy) is 1. The molecule has 2 aromatic carbocycles. The zero-order valence-electron chi connectivity index (χ0n) is 14.4. The van der Waals surface area contributed by atoms with Crippen molar-refractivity contribution in [2.75, 3.05) is 17.7 Å². The van der Waals surface area contributed by atoms with Crippen molar-refractivity contribution >= 4 is 29.1 Å². The first-order valence-electron chi connectivity index (χ1n) is 8.18. The molecule has 0 aliphatic carbocycles. The topological polar surface area (TPSA) is 99.0 Å². The lowest BCUT2D eigenvalue weighted by atomic mass is 10.1. The van der Waals surface area contributed by atoms with E-state index in [0.717, 1.165) is 11.3 Å². The van der Waals surface area contributed by atoms with Gasteiger partial charge in [-0.15, -0.1) is 5.10 Å². The Hall–Kier alpha value is -3.20. The Bertz CT molecular complexity index is 1030. The van der Waals surface area contributed by atoms with Gasteiger partial charge < -0.3 is 10.1 Å². The Morgan fingerprint density at radius 3 is 3.04 bits per heavy atom. The summed E-state index contributed by atoms with van der Waals surface area (Å²) in [6.07, 6.45) is 0. The zero-order valence-corrected chi connectivity index (χ0v) is 15.2. The van der Waals surface area contributed by atoms with Gasteiger partial charge in [-0.05, 0) is 53.2 Å². The van der Waals surface area contributed by atoms with Crippen LogP contribution in [0.15, 0.2) is 47.6 Å². The minimum atomic E-state index is -0.237. The number of amides is 1. The molecular weight excluding hydrogens is 366 g/mol. The molecule has 1 N–H and O–H groups in total. The first-order valence-corrected chi connectivity index (χ1v) is 9.17. The number of anilines is 1. The molecule has 3 aromatic rings. The molecule has 136 valence electrons. The number of ketones is 1. The molecule has 1 aliphatic rings. The number of thioether (sulfide) groups is 1. The van der Waals surface area contributed by atoms with Crippen LogP contribution >= 0.6 is 11.8 Å². The summed E-state index contributed by atoms with van der Waals surface area (Å²) >= 11 is 1.25. The molecule has 4 rings (SSSR count). The van der Waals surface area contributed by atoms with Gasteiger partial charge in [0.25, 0.3) is 5.91 Å². The molecule has 2 heterocycles. The van der Waals surface area contributed by atoms with Gasteiger partial charge in [-0.25, -0.2) is 0 Å². The maximum absolute atomic E-state index is 12.6. The molecule has 0 spiro atoms. The Balaban J connectivity index is 1.49. The lowest BCUT2D eigenvalue weighted by Gasteiger charge is -2.18. The van der Waals surface area contributed by atoms with E-state index in [4.69, 9.17) is 4.74 Å². The lowest BCUT2D eigenvalue weighted by Crippen LogP contribution is -2.25. The fourth-order valence-corrected chi connectivity index (χ4v) is 3.45. The van der Waals surface area contributed by atoms with Crippen LogP contribution in [-0.2, 0) is 4.79 Å². The number of carbonyl (C=O) groups is 2.